The van der Waals surface area contributed by atoms with Gasteiger partial charge in [0.05, 0.1) is 13.7 Å². The zero-order valence-corrected chi connectivity index (χ0v) is 14.5. The zero-order chi connectivity index (χ0) is 19.2. The Morgan fingerprint density at radius 3 is 2.74 bits per heavy atom. The third-order valence-corrected chi connectivity index (χ3v) is 3.85. The molecular formula is C20H17FO6. The molecule has 0 aliphatic carbocycles. The Kier molecular flexibility index (Phi) is 5.83. The molecule has 7 heteroatoms. The Bertz CT molecular complexity index is 862. The predicted molar refractivity (Wildman–Crippen MR) is 93.0 cm³/mol. The van der Waals surface area contributed by atoms with Crippen molar-refractivity contribution in [3.8, 4) is 5.75 Å². The molecule has 3 rings (SSSR count). The first kappa shape index (κ1) is 18.6. The van der Waals surface area contributed by atoms with E-state index >= 15 is 0 Å². The van der Waals surface area contributed by atoms with Gasteiger partial charge in [0.15, 0.2) is 6.79 Å². The summed E-state index contributed by atoms with van der Waals surface area (Å²) in [6, 6.07) is 11.1. The molecule has 1 unspecified atom stereocenters. The van der Waals surface area contributed by atoms with E-state index in [9.17, 15) is 14.0 Å². The Labute approximate surface area is 155 Å². The van der Waals surface area contributed by atoms with Gasteiger partial charge in [0.2, 0.25) is 6.10 Å². The lowest BCUT2D eigenvalue weighted by Gasteiger charge is -2.19. The van der Waals surface area contributed by atoms with Crippen molar-refractivity contribution >= 4 is 18.0 Å². The molecule has 140 valence electrons. The maximum absolute atomic E-state index is 13.7. The molecule has 0 radical (unpaired) electrons. The van der Waals surface area contributed by atoms with Crippen LogP contribution in [0.1, 0.15) is 22.8 Å². The van der Waals surface area contributed by atoms with Crippen LogP contribution in [0, 0.1) is 5.82 Å². The summed E-state index contributed by atoms with van der Waals surface area (Å²) in [7, 11) is 1.21. The van der Waals surface area contributed by atoms with E-state index in [-0.39, 0.29) is 13.4 Å². The molecule has 6 nitrogen and oxygen atoms in total. The van der Waals surface area contributed by atoms with Crippen LogP contribution >= 0.6 is 0 Å². The summed E-state index contributed by atoms with van der Waals surface area (Å²) in [4.78, 5) is 24.1. The van der Waals surface area contributed by atoms with E-state index < -0.39 is 23.9 Å². The van der Waals surface area contributed by atoms with Gasteiger partial charge in [-0.25, -0.2) is 14.0 Å². The van der Waals surface area contributed by atoms with Gasteiger partial charge in [0, 0.05) is 22.8 Å². The van der Waals surface area contributed by atoms with Crippen LogP contribution in [0.4, 0.5) is 4.39 Å². The molecule has 0 aromatic heterocycles. The van der Waals surface area contributed by atoms with Gasteiger partial charge in [-0.1, -0.05) is 30.3 Å². The van der Waals surface area contributed by atoms with Gasteiger partial charge in [-0.05, 0) is 18.2 Å². The van der Waals surface area contributed by atoms with Gasteiger partial charge < -0.3 is 18.9 Å². The fourth-order valence-corrected chi connectivity index (χ4v) is 2.63. The smallest absolute Gasteiger partial charge is 0.351 e. The van der Waals surface area contributed by atoms with E-state index in [1.54, 1.807) is 30.3 Å². The van der Waals surface area contributed by atoms with Crippen molar-refractivity contribution in [2.75, 3.05) is 13.9 Å². The number of hydrogen-bond acceptors (Lipinski definition) is 6. The van der Waals surface area contributed by atoms with Gasteiger partial charge in [-0.15, -0.1) is 0 Å². The topological polar surface area (TPSA) is 71.1 Å². The van der Waals surface area contributed by atoms with Crippen molar-refractivity contribution in [3.63, 3.8) is 0 Å². The normalized spacial score (nSPS) is 14.1. The maximum Gasteiger partial charge on any atom is 0.351 e. The highest BCUT2D eigenvalue weighted by atomic mass is 19.1. The van der Waals surface area contributed by atoms with Crippen LogP contribution in [0.3, 0.4) is 0 Å². The third-order valence-electron chi connectivity index (χ3n) is 3.85. The van der Waals surface area contributed by atoms with Gasteiger partial charge in [0.1, 0.15) is 11.6 Å². The van der Waals surface area contributed by atoms with Gasteiger partial charge in [-0.3, -0.25) is 0 Å². The fraction of sp³-hybridized carbons (Fsp3) is 0.200. The molecule has 0 saturated heterocycles. The summed E-state index contributed by atoms with van der Waals surface area (Å²) in [5.41, 5.74) is 1.40. The molecule has 0 N–H and O–H groups in total. The van der Waals surface area contributed by atoms with E-state index in [0.29, 0.717) is 22.4 Å². The van der Waals surface area contributed by atoms with Crippen molar-refractivity contribution in [2.24, 2.45) is 0 Å². The lowest BCUT2D eigenvalue weighted by molar-refractivity contribution is -0.163. The van der Waals surface area contributed by atoms with Crippen LogP contribution in [0.2, 0.25) is 0 Å². The minimum atomic E-state index is -1.19. The summed E-state index contributed by atoms with van der Waals surface area (Å²) in [6.45, 7) is 0.263. The van der Waals surface area contributed by atoms with Crippen LogP contribution in [-0.4, -0.2) is 25.8 Å². The molecule has 1 atom stereocenters. The van der Waals surface area contributed by atoms with Crippen LogP contribution in [0.15, 0.2) is 48.5 Å². The second-order valence-electron chi connectivity index (χ2n) is 5.68. The quantitative estimate of drug-likeness (QED) is 0.593. The molecule has 1 aliphatic heterocycles. The second kappa shape index (κ2) is 8.46. The Hall–Kier alpha value is -3.19. The molecule has 0 amide bonds. The average molecular weight is 372 g/mol. The van der Waals surface area contributed by atoms with Crippen molar-refractivity contribution in [3.05, 3.63) is 71.0 Å². The van der Waals surface area contributed by atoms with Crippen molar-refractivity contribution in [2.45, 2.75) is 12.7 Å². The Morgan fingerprint density at radius 1 is 1.22 bits per heavy atom. The first-order valence-corrected chi connectivity index (χ1v) is 8.13. The lowest BCUT2D eigenvalue weighted by Crippen LogP contribution is -2.20. The first-order valence-electron chi connectivity index (χ1n) is 8.13. The number of carbonyl (C=O) groups excluding carboxylic acids is 2. The number of benzene rings is 2. The Balaban J connectivity index is 1.78. The minimum absolute atomic E-state index is 0.0440. The van der Waals surface area contributed by atoms with E-state index in [0.717, 1.165) is 6.08 Å². The van der Waals surface area contributed by atoms with Crippen molar-refractivity contribution < 1.29 is 32.9 Å². The van der Waals surface area contributed by atoms with Crippen LogP contribution in [-0.2, 0) is 30.4 Å². The number of fused-ring (bicyclic) bond motifs is 1. The number of esters is 2. The van der Waals surface area contributed by atoms with E-state index in [1.807, 2.05) is 0 Å². The fourth-order valence-electron chi connectivity index (χ4n) is 2.63. The number of rotatable bonds is 5. The largest absolute Gasteiger partial charge is 0.467 e. The molecule has 0 saturated carbocycles. The molecule has 27 heavy (non-hydrogen) atoms. The minimum Gasteiger partial charge on any atom is -0.467 e. The number of ether oxygens (including phenoxy) is 4. The number of hydrogen-bond donors (Lipinski definition) is 0. The predicted octanol–water partition coefficient (Wildman–Crippen LogP) is 3.16. The number of methoxy groups -OCH3 is 1. The standard InChI is InChI=1S/C20H17FO6/c1-24-20(23)19(13-5-3-2-4-6-13)27-17(22)8-7-14-9-16(21)10-15-11-25-12-26-18(14)15/h2-10,19H,11-12H2,1H3. The van der Waals surface area contributed by atoms with Gasteiger partial charge in [-0.2, -0.15) is 0 Å². The highest BCUT2D eigenvalue weighted by Crippen LogP contribution is 2.30. The summed E-state index contributed by atoms with van der Waals surface area (Å²) in [5.74, 6) is -1.52. The number of halogens is 1. The number of carbonyl (C=O) groups is 2. The Morgan fingerprint density at radius 2 is 2.00 bits per heavy atom. The van der Waals surface area contributed by atoms with E-state index in [2.05, 4.69) is 0 Å². The van der Waals surface area contributed by atoms with Crippen molar-refractivity contribution in [1.82, 2.24) is 0 Å². The van der Waals surface area contributed by atoms with E-state index in [1.165, 1.54) is 25.3 Å². The maximum atomic E-state index is 13.7. The monoisotopic (exact) mass is 372 g/mol. The highest BCUT2D eigenvalue weighted by molar-refractivity contribution is 5.90. The summed E-state index contributed by atoms with van der Waals surface area (Å²) in [6.07, 6.45) is 1.28. The van der Waals surface area contributed by atoms with Crippen molar-refractivity contribution in [1.29, 1.82) is 0 Å². The highest BCUT2D eigenvalue weighted by Gasteiger charge is 2.25. The SMILES string of the molecule is COC(=O)C(OC(=O)C=Cc1cc(F)cc2c1OCOC2)c1ccccc1. The third kappa shape index (κ3) is 4.51. The summed E-state index contributed by atoms with van der Waals surface area (Å²) < 4.78 is 34.2. The lowest BCUT2D eigenvalue weighted by atomic mass is 10.1. The van der Waals surface area contributed by atoms with Crippen LogP contribution in [0.25, 0.3) is 6.08 Å². The molecule has 1 aliphatic rings. The molecule has 1 heterocycles. The molecule has 2 aromatic carbocycles. The molecule has 0 spiro atoms. The van der Waals surface area contributed by atoms with Gasteiger partial charge in [0.25, 0.3) is 0 Å². The molecule has 0 bridgehead atoms. The van der Waals surface area contributed by atoms with Gasteiger partial charge >= 0.3 is 11.9 Å². The summed E-state index contributed by atoms with van der Waals surface area (Å²) >= 11 is 0. The molecule has 0 fully saturated rings. The molecular weight excluding hydrogens is 355 g/mol. The molecule has 2 aromatic rings. The average Bonchev–Trinajstić information content (AvgIpc) is 2.70. The zero-order valence-electron chi connectivity index (χ0n) is 14.5. The first-order chi connectivity index (χ1) is 13.1. The van der Waals surface area contributed by atoms with Crippen LogP contribution < -0.4 is 4.74 Å². The van der Waals surface area contributed by atoms with Crippen LogP contribution in [0.5, 0.6) is 5.75 Å². The summed E-state index contributed by atoms with van der Waals surface area (Å²) in [5, 5.41) is 0. The van der Waals surface area contributed by atoms with E-state index in [4.69, 9.17) is 18.9 Å². The second-order valence-corrected chi connectivity index (χ2v) is 5.68.